The van der Waals surface area contributed by atoms with Gasteiger partial charge in [-0.25, -0.2) is 9.59 Å². The number of nitrogens with one attached hydrogen (secondary N) is 2. The first kappa shape index (κ1) is 35.1. The number of esters is 2. The summed E-state index contributed by atoms with van der Waals surface area (Å²) in [5.74, 6) is -3.68. The maximum atomic E-state index is 14.1. The van der Waals surface area contributed by atoms with E-state index in [0.29, 0.717) is 25.1 Å². The van der Waals surface area contributed by atoms with Gasteiger partial charge < -0.3 is 30.0 Å². The number of aliphatic hydroxyl groups is 1. The summed E-state index contributed by atoms with van der Waals surface area (Å²) in [6, 6.07) is 12.3. The van der Waals surface area contributed by atoms with Crippen LogP contribution in [-0.2, 0) is 25.5 Å². The minimum absolute atomic E-state index is 0.115. The Hall–Kier alpha value is -4.43. The highest BCUT2D eigenvalue weighted by Gasteiger charge is 2.48. The highest BCUT2D eigenvalue weighted by atomic mass is 19.4. The molecule has 2 aromatic rings. The number of halogens is 3. The fourth-order valence-corrected chi connectivity index (χ4v) is 4.75. The number of aliphatic hydroxyl groups excluding tert-OH is 1. The topological polar surface area (TPSA) is 149 Å². The number of ether oxygens (including phenoxy) is 3. The largest absolute Gasteiger partial charge is 0.491 e. The monoisotopic (exact) mass is 635 g/mol. The number of aryl methyl sites for hydroxylation is 1. The molecule has 1 aliphatic rings. The minimum Gasteiger partial charge on any atom is -0.491 e. The van der Waals surface area contributed by atoms with Crippen molar-refractivity contribution in [2.45, 2.75) is 57.9 Å². The maximum absolute atomic E-state index is 14.1. The van der Waals surface area contributed by atoms with Crippen molar-refractivity contribution >= 4 is 17.6 Å². The Balaban J connectivity index is 1.75. The van der Waals surface area contributed by atoms with E-state index in [0.717, 1.165) is 18.7 Å². The lowest BCUT2D eigenvalue weighted by atomic mass is 9.79. The zero-order chi connectivity index (χ0) is 33.3. The molecule has 45 heavy (non-hydrogen) atoms. The standard InChI is InChI=1S/C31H36F3N3O8/c1-18(2)35-16-21(38)17-45-22-13-11-20(12-14-22)8-7-15-44-30(40)25-19(3)36-28(31(32,33)34)27(29(39)43-4)26(25)23-9-5-6-10-24(23)37(41)42/h5-6,9-14,18,21,26,35-36,38H,7-8,15-17H2,1-4H3. The Morgan fingerprint density at radius 3 is 2.36 bits per heavy atom. The normalized spacial score (nSPS) is 15.9. The van der Waals surface area contributed by atoms with Gasteiger partial charge in [0.25, 0.3) is 5.69 Å². The predicted octanol–water partition coefficient (Wildman–Crippen LogP) is 4.46. The number of nitro groups is 1. The summed E-state index contributed by atoms with van der Waals surface area (Å²) in [4.78, 5) is 37.1. The number of allylic oxidation sites excluding steroid dienone is 2. The quantitative estimate of drug-likeness (QED) is 0.118. The number of methoxy groups -OCH3 is 1. The van der Waals surface area contributed by atoms with Gasteiger partial charge in [0, 0.05) is 29.9 Å². The zero-order valence-corrected chi connectivity index (χ0v) is 25.3. The Labute approximate surface area is 258 Å². The van der Waals surface area contributed by atoms with Crippen molar-refractivity contribution in [1.82, 2.24) is 10.6 Å². The van der Waals surface area contributed by atoms with E-state index in [2.05, 4.69) is 15.4 Å². The summed E-state index contributed by atoms with van der Waals surface area (Å²) in [5.41, 5.74) is -3.14. The number of hydrogen-bond donors (Lipinski definition) is 3. The molecule has 0 saturated carbocycles. The number of para-hydroxylation sites is 1. The third-order valence-corrected chi connectivity index (χ3v) is 6.89. The number of nitrogens with zero attached hydrogens (tertiary/aromatic N) is 1. The number of benzene rings is 2. The molecule has 0 amide bonds. The van der Waals surface area contributed by atoms with E-state index in [1.165, 1.54) is 25.1 Å². The first-order valence-electron chi connectivity index (χ1n) is 14.2. The van der Waals surface area contributed by atoms with Gasteiger partial charge in [0.05, 0.1) is 35.7 Å². The molecule has 2 atom stereocenters. The van der Waals surface area contributed by atoms with Crippen LogP contribution in [0.4, 0.5) is 18.9 Å². The summed E-state index contributed by atoms with van der Waals surface area (Å²) in [6.45, 7) is 5.52. The average molecular weight is 636 g/mol. The Morgan fingerprint density at radius 2 is 1.76 bits per heavy atom. The van der Waals surface area contributed by atoms with E-state index in [4.69, 9.17) is 9.47 Å². The van der Waals surface area contributed by atoms with Crippen molar-refractivity contribution in [2.24, 2.45) is 0 Å². The van der Waals surface area contributed by atoms with Gasteiger partial charge >= 0.3 is 18.1 Å². The van der Waals surface area contributed by atoms with Crippen LogP contribution in [0, 0.1) is 10.1 Å². The zero-order valence-electron chi connectivity index (χ0n) is 25.3. The van der Waals surface area contributed by atoms with Gasteiger partial charge in [0.2, 0.25) is 0 Å². The number of rotatable bonds is 14. The van der Waals surface area contributed by atoms with Crippen molar-refractivity contribution in [3.05, 3.63) is 92.3 Å². The van der Waals surface area contributed by atoms with Crippen molar-refractivity contribution in [1.29, 1.82) is 0 Å². The molecule has 0 bridgehead atoms. The highest BCUT2D eigenvalue weighted by molar-refractivity contribution is 6.00. The lowest BCUT2D eigenvalue weighted by molar-refractivity contribution is -0.385. The fraction of sp³-hybridized carbons (Fsp3) is 0.419. The summed E-state index contributed by atoms with van der Waals surface area (Å²) in [6.07, 6.45) is -4.93. The van der Waals surface area contributed by atoms with E-state index in [1.807, 2.05) is 26.0 Å². The van der Waals surface area contributed by atoms with Crippen molar-refractivity contribution in [2.75, 3.05) is 26.9 Å². The summed E-state index contributed by atoms with van der Waals surface area (Å²) < 4.78 is 57.9. The lowest BCUT2D eigenvalue weighted by Crippen LogP contribution is -2.38. The number of carbonyl (C=O) groups excluding carboxylic acids is 2. The third kappa shape index (κ3) is 9.28. The molecule has 0 spiro atoms. The average Bonchev–Trinajstić information content (AvgIpc) is 3.00. The van der Waals surface area contributed by atoms with Crippen LogP contribution in [0.2, 0.25) is 0 Å². The third-order valence-electron chi connectivity index (χ3n) is 6.89. The molecule has 3 N–H and O–H groups in total. The van der Waals surface area contributed by atoms with E-state index in [1.54, 1.807) is 12.1 Å². The fourth-order valence-electron chi connectivity index (χ4n) is 4.75. The molecule has 0 fully saturated rings. The SMILES string of the molecule is COC(=O)C1=C(C(F)(F)F)NC(C)=C(C(=O)OCCCc2ccc(OCC(O)CNC(C)C)cc2)C1c1ccccc1[N+](=O)[O-]. The van der Waals surface area contributed by atoms with Gasteiger partial charge in [0.1, 0.15) is 24.2 Å². The maximum Gasteiger partial charge on any atom is 0.431 e. The summed E-state index contributed by atoms with van der Waals surface area (Å²) >= 11 is 0. The van der Waals surface area contributed by atoms with Gasteiger partial charge in [-0.3, -0.25) is 10.1 Å². The second-order valence-corrected chi connectivity index (χ2v) is 10.6. The molecular formula is C31H36F3N3O8. The number of hydrogen-bond acceptors (Lipinski definition) is 10. The molecule has 244 valence electrons. The Morgan fingerprint density at radius 1 is 1.09 bits per heavy atom. The smallest absolute Gasteiger partial charge is 0.431 e. The van der Waals surface area contributed by atoms with Crippen LogP contribution in [0.3, 0.4) is 0 Å². The van der Waals surface area contributed by atoms with Crippen molar-refractivity contribution < 1.29 is 47.0 Å². The van der Waals surface area contributed by atoms with Gasteiger partial charge in [-0.05, 0) is 37.5 Å². The number of alkyl halides is 3. The van der Waals surface area contributed by atoms with E-state index < -0.39 is 52.0 Å². The van der Waals surface area contributed by atoms with Gasteiger partial charge in [-0.15, -0.1) is 0 Å². The number of carbonyl (C=O) groups is 2. The first-order valence-corrected chi connectivity index (χ1v) is 14.2. The van der Waals surface area contributed by atoms with Crippen LogP contribution in [-0.4, -0.2) is 67.2 Å². The lowest BCUT2D eigenvalue weighted by Gasteiger charge is -2.31. The number of nitro benzene ring substituents is 1. The van der Waals surface area contributed by atoms with E-state index in [-0.39, 0.29) is 36.1 Å². The van der Waals surface area contributed by atoms with Crippen LogP contribution >= 0.6 is 0 Å². The second-order valence-electron chi connectivity index (χ2n) is 10.6. The van der Waals surface area contributed by atoms with E-state index >= 15 is 0 Å². The van der Waals surface area contributed by atoms with Crippen LogP contribution in [0.15, 0.2) is 71.1 Å². The van der Waals surface area contributed by atoms with E-state index in [9.17, 15) is 38.0 Å². The van der Waals surface area contributed by atoms with Crippen LogP contribution < -0.4 is 15.4 Å². The van der Waals surface area contributed by atoms with Gasteiger partial charge in [-0.1, -0.05) is 44.2 Å². The molecule has 2 aromatic carbocycles. The summed E-state index contributed by atoms with van der Waals surface area (Å²) in [7, 11) is 0.871. The Bertz CT molecular complexity index is 1440. The van der Waals surface area contributed by atoms with Crippen molar-refractivity contribution in [3.8, 4) is 5.75 Å². The molecule has 0 radical (unpaired) electrons. The molecule has 14 heteroatoms. The minimum atomic E-state index is -5.08. The predicted molar refractivity (Wildman–Crippen MR) is 157 cm³/mol. The molecule has 0 saturated heterocycles. The van der Waals surface area contributed by atoms with Crippen molar-refractivity contribution in [3.63, 3.8) is 0 Å². The van der Waals surface area contributed by atoms with Crippen LogP contribution in [0.25, 0.3) is 0 Å². The van der Waals surface area contributed by atoms with Gasteiger partial charge in [-0.2, -0.15) is 13.2 Å². The summed E-state index contributed by atoms with van der Waals surface area (Å²) in [5, 5.41) is 27.0. The molecular weight excluding hydrogens is 599 g/mol. The molecule has 2 unspecified atom stereocenters. The second kappa shape index (κ2) is 15.5. The highest BCUT2D eigenvalue weighted by Crippen LogP contribution is 2.45. The van der Waals surface area contributed by atoms with Crippen LogP contribution in [0.5, 0.6) is 5.75 Å². The Kier molecular flexibility index (Phi) is 12.1. The molecule has 1 aliphatic heterocycles. The molecule has 11 nitrogen and oxygen atoms in total. The molecule has 1 heterocycles. The first-order chi connectivity index (χ1) is 21.2. The molecule has 3 rings (SSSR count). The number of dihydropyridines is 1. The molecule has 0 aliphatic carbocycles. The van der Waals surface area contributed by atoms with Crippen LogP contribution in [0.1, 0.15) is 44.2 Å². The van der Waals surface area contributed by atoms with Gasteiger partial charge in [0.15, 0.2) is 0 Å². The molecule has 0 aromatic heterocycles.